The number of aromatic nitrogens is 3. The summed E-state index contributed by atoms with van der Waals surface area (Å²) in [6, 6.07) is 43.5. The van der Waals surface area contributed by atoms with E-state index in [0.29, 0.717) is 17.5 Å². The quantitative estimate of drug-likeness (QED) is 0.228. The van der Waals surface area contributed by atoms with Crippen LogP contribution in [0.4, 0.5) is 0 Å². The summed E-state index contributed by atoms with van der Waals surface area (Å²) >= 11 is 0. The van der Waals surface area contributed by atoms with Gasteiger partial charge in [0.2, 0.25) is 0 Å². The standard InChI is InChI=1S/C35H21N3O/c1-3-9-23(10-4-1)33-36-34(24-11-5-2-6-12-24)38-35(37-33)26-18-16-22-15-17-25-19-30-27-13-7-8-14-31(27)39-32(30)21-29(25)28(22)20-26/h1-21H. The van der Waals surface area contributed by atoms with Crippen molar-refractivity contribution in [1.29, 1.82) is 0 Å². The molecule has 8 aromatic rings. The zero-order valence-electron chi connectivity index (χ0n) is 20.9. The minimum Gasteiger partial charge on any atom is -0.456 e. The molecule has 0 N–H and O–H groups in total. The molecule has 39 heavy (non-hydrogen) atoms. The van der Waals surface area contributed by atoms with E-state index >= 15 is 0 Å². The maximum atomic E-state index is 6.22. The molecule has 8 rings (SSSR count). The Kier molecular flexibility index (Phi) is 4.79. The predicted octanol–water partition coefficient (Wildman–Crippen LogP) is 9.08. The molecule has 0 amide bonds. The molecule has 4 nitrogen and oxygen atoms in total. The van der Waals surface area contributed by atoms with Gasteiger partial charge in [-0.1, -0.05) is 103 Å². The van der Waals surface area contributed by atoms with Gasteiger partial charge in [0.1, 0.15) is 11.2 Å². The second-order valence-electron chi connectivity index (χ2n) is 9.71. The molecule has 0 fully saturated rings. The number of hydrogen-bond acceptors (Lipinski definition) is 4. The first-order chi connectivity index (χ1) is 19.3. The van der Waals surface area contributed by atoms with Crippen molar-refractivity contribution in [3.8, 4) is 34.2 Å². The van der Waals surface area contributed by atoms with Crippen LogP contribution in [-0.4, -0.2) is 15.0 Å². The van der Waals surface area contributed by atoms with E-state index in [2.05, 4.69) is 54.6 Å². The largest absolute Gasteiger partial charge is 0.456 e. The minimum absolute atomic E-state index is 0.645. The SMILES string of the molecule is c1ccc(-c2nc(-c3ccccc3)nc(-c3ccc4ccc5cc6c(cc5c4c3)oc3ccccc36)n2)cc1. The van der Waals surface area contributed by atoms with E-state index in [1.807, 2.05) is 72.8 Å². The maximum Gasteiger partial charge on any atom is 0.164 e. The summed E-state index contributed by atoms with van der Waals surface area (Å²) in [4.78, 5) is 14.7. The Morgan fingerprint density at radius 1 is 0.359 bits per heavy atom. The average Bonchev–Trinajstić information content (AvgIpc) is 3.38. The third kappa shape index (κ3) is 3.65. The van der Waals surface area contributed by atoms with E-state index in [4.69, 9.17) is 19.4 Å². The summed E-state index contributed by atoms with van der Waals surface area (Å²) in [6.07, 6.45) is 0. The number of para-hydroxylation sites is 1. The molecule has 0 radical (unpaired) electrons. The maximum absolute atomic E-state index is 6.22. The van der Waals surface area contributed by atoms with Gasteiger partial charge in [-0.2, -0.15) is 0 Å². The van der Waals surface area contributed by atoms with Gasteiger partial charge in [0.25, 0.3) is 0 Å². The third-order valence-electron chi connectivity index (χ3n) is 7.29. The van der Waals surface area contributed by atoms with Gasteiger partial charge in [-0.15, -0.1) is 0 Å². The van der Waals surface area contributed by atoms with E-state index in [1.54, 1.807) is 0 Å². The van der Waals surface area contributed by atoms with Crippen LogP contribution in [0.1, 0.15) is 0 Å². The summed E-state index contributed by atoms with van der Waals surface area (Å²) in [5, 5.41) is 6.87. The second-order valence-corrected chi connectivity index (χ2v) is 9.71. The summed E-state index contributed by atoms with van der Waals surface area (Å²) < 4.78 is 6.22. The Hall–Kier alpha value is -5.35. The van der Waals surface area contributed by atoms with E-state index in [9.17, 15) is 0 Å². The van der Waals surface area contributed by atoms with Gasteiger partial charge in [0.05, 0.1) is 0 Å². The van der Waals surface area contributed by atoms with Crippen LogP contribution in [0.25, 0.3) is 77.6 Å². The van der Waals surface area contributed by atoms with Crippen molar-refractivity contribution < 1.29 is 4.42 Å². The molecule has 0 spiro atoms. The van der Waals surface area contributed by atoms with Crippen LogP contribution in [0.15, 0.2) is 132 Å². The molecule has 0 bridgehead atoms. The highest BCUT2D eigenvalue weighted by molar-refractivity contribution is 6.16. The molecule has 0 atom stereocenters. The Morgan fingerprint density at radius 3 is 1.64 bits per heavy atom. The molecule has 4 heteroatoms. The first-order valence-corrected chi connectivity index (χ1v) is 13.0. The van der Waals surface area contributed by atoms with Gasteiger partial charge < -0.3 is 4.42 Å². The van der Waals surface area contributed by atoms with Crippen LogP contribution in [-0.2, 0) is 0 Å². The third-order valence-corrected chi connectivity index (χ3v) is 7.29. The summed E-state index contributed by atoms with van der Waals surface area (Å²) in [5.41, 5.74) is 4.64. The van der Waals surface area contributed by atoms with Crippen LogP contribution < -0.4 is 0 Å². The van der Waals surface area contributed by atoms with Gasteiger partial charge in [-0.25, -0.2) is 15.0 Å². The van der Waals surface area contributed by atoms with E-state index < -0.39 is 0 Å². The fraction of sp³-hybridized carbons (Fsp3) is 0. The average molecular weight is 500 g/mol. The van der Waals surface area contributed by atoms with Crippen molar-refractivity contribution in [1.82, 2.24) is 15.0 Å². The first kappa shape index (κ1) is 21.7. The van der Waals surface area contributed by atoms with Crippen molar-refractivity contribution in [2.24, 2.45) is 0 Å². The Morgan fingerprint density at radius 2 is 0.923 bits per heavy atom. The highest BCUT2D eigenvalue weighted by atomic mass is 16.3. The van der Waals surface area contributed by atoms with E-state index in [1.165, 1.54) is 5.39 Å². The van der Waals surface area contributed by atoms with Crippen molar-refractivity contribution in [2.45, 2.75) is 0 Å². The molecule has 0 aliphatic heterocycles. The molecule has 0 aliphatic rings. The Bertz CT molecular complexity index is 2110. The van der Waals surface area contributed by atoms with Crippen LogP contribution in [0.2, 0.25) is 0 Å². The molecule has 2 heterocycles. The smallest absolute Gasteiger partial charge is 0.164 e. The van der Waals surface area contributed by atoms with Gasteiger partial charge in [-0.3, -0.25) is 0 Å². The molecular formula is C35H21N3O. The van der Waals surface area contributed by atoms with Crippen molar-refractivity contribution in [3.63, 3.8) is 0 Å². The van der Waals surface area contributed by atoms with Crippen molar-refractivity contribution in [2.75, 3.05) is 0 Å². The van der Waals surface area contributed by atoms with Crippen LogP contribution in [0.5, 0.6) is 0 Å². The zero-order valence-corrected chi connectivity index (χ0v) is 20.9. The van der Waals surface area contributed by atoms with Crippen molar-refractivity contribution >= 4 is 43.5 Å². The van der Waals surface area contributed by atoms with Crippen LogP contribution in [0.3, 0.4) is 0 Å². The van der Waals surface area contributed by atoms with Crippen molar-refractivity contribution in [3.05, 3.63) is 127 Å². The lowest BCUT2D eigenvalue weighted by molar-refractivity contribution is 0.669. The van der Waals surface area contributed by atoms with Gasteiger partial charge in [0, 0.05) is 27.5 Å². The zero-order chi connectivity index (χ0) is 25.8. The van der Waals surface area contributed by atoms with Crippen LogP contribution >= 0.6 is 0 Å². The lowest BCUT2D eigenvalue weighted by Gasteiger charge is -2.10. The second kappa shape index (κ2) is 8.61. The highest BCUT2D eigenvalue weighted by Crippen LogP contribution is 2.36. The molecule has 0 saturated heterocycles. The Labute approximate surface area is 224 Å². The number of hydrogen-bond donors (Lipinski definition) is 0. The molecule has 182 valence electrons. The van der Waals surface area contributed by atoms with E-state index in [-0.39, 0.29) is 0 Å². The summed E-state index contributed by atoms with van der Waals surface area (Å²) in [5.74, 6) is 1.95. The predicted molar refractivity (Wildman–Crippen MR) is 158 cm³/mol. The summed E-state index contributed by atoms with van der Waals surface area (Å²) in [6.45, 7) is 0. The normalized spacial score (nSPS) is 11.6. The first-order valence-electron chi connectivity index (χ1n) is 13.0. The summed E-state index contributed by atoms with van der Waals surface area (Å²) in [7, 11) is 0. The number of rotatable bonds is 3. The van der Waals surface area contributed by atoms with Gasteiger partial charge in [0.15, 0.2) is 17.5 Å². The van der Waals surface area contributed by atoms with Gasteiger partial charge >= 0.3 is 0 Å². The molecular weight excluding hydrogens is 478 g/mol. The van der Waals surface area contributed by atoms with Crippen LogP contribution in [0, 0.1) is 0 Å². The highest BCUT2D eigenvalue weighted by Gasteiger charge is 2.14. The lowest BCUT2D eigenvalue weighted by Crippen LogP contribution is -2.00. The number of furan rings is 1. The fourth-order valence-corrected chi connectivity index (χ4v) is 5.35. The molecule has 0 saturated carbocycles. The Balaban J connectivity index is 1.36. The van der Waals surface area contributed by atoms with E-state index in [0.717, 1.165) is 54.8 Å². The lowest BCUT2D eigenvalue weighted by atomic mass is 9.98. The fourth-order valence-electron chi connectivity index (χ4n) is 5.35. The topological polar surface area (TPSA) is 51.8 Å². The molecule has 6 aromatic carbocycles. The number of fused-ring (bicyclic) bond motifs is 6. The molecule has 2 aromatic heterocycles. The molecule has 0 unspecified atom stereocenters. The number of benzene rings is 6. The minimum atomic E-state index is 0.645. The molecule has 0 aliphatic carbocycles. The number of nitrogens with zero attached hydrogens (tertiary/aromatic N) is 3. The monoisotopic (exact) mass is 499 g/mol. The van der Waals surface area contributed by atoms with Gasteiger partial charge in [-0.05, 0) is 45.8 Å².